The van der Waals surface area contributed by atoms with Gasteiger partial charge in [-0.3, -0.25) is 10.1 Å². The highest BCUT2D eigenvalue weighted by Gasteiger charge is 2.27. The lowest BCUT2D eigenvalue weighted by atomic mass is 10.0. The van der Waals surface area contributed by atoms with Crippen LogP contribution in [-0.2, 0) is 17.6 Å². The number of hydrogen-bond donors (Lipinski definition) is 2. The lowest BCUT2D eigenvalue weighted by Crippen LogP contribution is -2.48. The molecule has 0 spiro atoms. The van der Waals surface area contributed by atoms with Crippen LogP contribution < -0.4 is 5.32 Å². The van der Waals surface area contributed by atoms with Gasteiger partial charge in [-0.2, -0.15) is 0 Å². The summed E-state index contributed by atoms with van der Waals surface area (Å²) in [7, 11) is 0. The van der Waals surface area contributed by atoms with Gasteiger partial charge in [0.15, 0.2) is 0 Å². The Labute approximate surface area is 140 Å². The van der Waals surface area contributed by atoms with Gasteiger partial charge in [-0.1, -0.05) is 60.7 Å². The van der Waals surface area contributed by atoms with Crippen LogP contribution in [0.25, 0.3) is 0 Å². The summed E-state index contributed by atoms with van der Waals surface area (Å²) in [5.74, 6) is -1.12. The predicted molar refractivity (Wildman–Crippen MR) is 89.3 cm³/mol. The van der Waals surface area contributed by atoms with Crippen LogP contribution in [0, 0.1) is 0 Å². The molecule has 2 atom stereocenters. The first-order valence-corrected chi connectivity index (χ1v) is 7.91. The molecule has 0 radical (unpaired) electrons. The molecule has 0 bridgehead atoms. The number of alkyl halides is 2. The molecule has 0 saturated carbocycles. The maximum Gasteiger partial charge on any atom is 0.321 e. The molecular formula is C19H21F2NO2. The zero-order chi connectivity index (χ0) is 17.4. The van der Waals surface area contributed by atoms with Gasteiger partial charge in [-0.25, -0.2) is 8.78 Å². The van der Waals surface area contributed by atoms with Crippen molar-refractivity contribution >= 4 is 5.97 Å². The molecule has 0 saturated heterocycles. The van der Waals surface area contributed by atoms with Crippen molar-refractivity contribution in [2.24, 2.45) is 0 Å². The topological polar surface area (TPSA) is 49.3 Å². The summed E-state index contributed by atoms with van der Waals surface area (Å²) in [4.78, 5) is 11.4. The van der Waals surface area contributed by atoms with Crippen LogP contribution in [0.3, 0.4) is 0 Å². The van der Waals surface area contributed by atoms with E-state index in [0.29, 0.717) is 6.42 Å². The van der Waals surface area contributed by atoms with Crippen molar-refractivity contribution in [2.45, 2.75) is 37.8 Å². The second-order valence-corrected chi connectivity index (χ2v) is 5.71. The number of halogens is 2. The highest BCUT2D eigenvalue weighted by molar-refractivity contribution is 5.74. The van der Waals surface area contributed by atoms with Crippen molar-refractivity contribution in [1.82, 2.24) is 5.32 Å². The third-order valence-electron chi connectivity index (χ3n) is 3.89. The Morgan fingerprint density at radius 2 is 1.50 bits per heavy atom. The normalized spacial score (nSPS) is 13.6. The van der Waals surface area contributed by atoms with E-state index in [2.05, 4.69) is 5.32 Å². The van der Waals surface area contributed by atoms with Gasteiger partial charge in [-0.15, -0.1) is 0 Å². The van der Waals surface area contributed by atoms with Crippen LogP contribution in [0.1, 0.15) is 17.5 Å². The van der Waals surface area contributed by atoms with Gasteiger partial charge in [0.25, 0.3) is 6.43 Å². The van der Waals surface area contributed by atoms with Crippen molar-refractivity contribution in [3.05, 3.63) is 71.8 Å². The average Bonchev–Trinajstić information content (AvgIpc) is 2.59. The highest BCUT2D eigenvalue weighted by Crippen LogP contribution is 2.13. The molecule has 2 rings (SSSR count). The summed E-state index contributed by atoms with van der Waals surface area (Å²) in [5.41, 5.74) is 1.76. The third-order valence-corrected chi connectivity index (χ3v) is 3.89. The number of rotatable bonds is 9. The quantitative estimate of drug-likeness (QED) is 0.738. The summed E-state index contributed by atoms with van der Waals surface area (Å²) in [5, 5.41) is 12.0. The van der Waals surface area contributed by atoms with E-state index in [0.717, 1.165) is 11.1 Å². The highest BCUT2D eigenvalue weighted by atomic mass is 19.3. The van der Waals surface area contributed by atoms with Crippen LogP contribution in [0.2, 0.25) is 0 Å². The van der Waals surface area contributed by atoms with Crippen LogP contribution in [0.15, 0.2) is 60.7 Å². The summed E-state index contributed by atoms with van der Waals surface area (Å²) in [6, 6.07) is 16.1. The molecule has 0 aliphatic rings. The maximum atomic E-state index is 13.3. The van der Waals surface area contributed by atoms with E-state index >= 15 is 0 Å². The van der Waals surface area contributed by atoms with Gasteiger partial charge in [0.2, 0.25) is 0 Å². The van der Waals surface area contributed by atoms with E-state index in [1.54, 1.807) is 24.3 Å². The number of carbonyl (C=O) groups is 1. The summed E-state index contributed by atoms with van der Waals surface area (Å²) in [6.45, 7) is 0. The van der Waals surface area contributed by atoms with E-state index in [1.165, 1.54) is 0 Å². The number of hydrogen-bond acceptors (Lipinski definition) is 2. The number of nitrogens with one attached hydrogen (secondary N) is 1. The van der Waals surface area contributed by atoms with E-state index < -0.39 is 24.5 Å². The number of carboxylic acids is 1. The average molecular weight is 333 g/mol. The molecule has 24 heavy (non-hydrogen) atoms. The smallest absolute Gasteiger partial charge is 0.321 e. The van der Waals surface area contributed by atoms with Crippen LogP contribution >= 0.6 is 0 Å². The van der Waals surface area contributed by atoms with E-state index in [1.807, 2.05) is 36.4 Å². The zero-order valence-corrected chi connectivity index (χ0v) is 13.2. The molecule has 0 heterocycles. The number of carboxylic acid groups (broad SMARTS) is 1. The van der Waals surface area contributed by atoms with Gasteiger partial charge < -0.3 is 5.11 Å². The fourth-order valence-electron chi connectivity index (χ4n) is 2.57. The number of benzene rings is 2. The second kappa shape index (κ2) is 9.13. The zero-order valence-electron chi connectivity index (χ0n) is 13.2. The Kier molecular flexibility index (Phi) is 6.88. The molecule has 2 aromatic rings. The molecule has 2 aromatic carbocycles. The minimum Gasteiger partial charge on any atom is -0.480 e. The summed E-state index contributed by atoms with van der Waals surface area (Å²) < 4.78 is 26.6. The van der Waals surface area contributed by atoms with Crippen LogP contribution in [0.4, 0.5) is 8.78 Å². The molecule has 3 nitrogen and oxygen atoms in total. The molecule has 0 amide bonds. The first-order valence-electron chi connectivity index (χ1n) is 7.91. The SMILES string of the molecule is O=C(O)[C@@H](Cc1ccccc1)NC(CCc1ccccc1)C(F)F. The molecule has 2 N–H and O–H groups in total. The minimum atomic E-state index is -2.62. The fraction of sp³-hybridized carbons (Fsp3) is 0.316. The predicted octanol–water partition coefficient (Wildman–Crippen LogP) is 3.54. The first-order chi connectivity index (χ1) is 11.6. The minimum absolute atomic E-state index is 0.171. The van der Waals surface area contributed by atoms with Crippen molar-refractivity contribution < 1.29 is 18.7 Å². The van der Waals surface area contributed by atoms with E-state index in [-0.39, 0.29) is 12.8 Å². The molecule has 0 aromatic heterocycles. The Morgan fingerprint density at radius 1 is 0.958 bits per heavy atom. The maximum absolute atomic E-state index is 13.3. The number of aryl methyl sites for hydroxylation is 1. The molecular weight excluding hydrogens is 312 g/mol. The molecule has 0 aliphatic carbocycles. The van der Waals surface area contributed by atoms with Crippen molar-refractivity contribution in [3.63, 3.8) is 0 Å². The Hall–Kier alpha value is -2.27. The van der Waals surface area contributed by atoms with Crippen molar-refractivity contribution in [1.29, 1.82) is 0 Å². The van der Waals surface area contributed by atoms with E-state index in [4.69, 9.17) is 0 Å². The standard InChI is InChI=1S/C19H21F2NO2/c20-18(21)16(12-11-14-7-3-1-4-8-14)22-17(19(23)24)13-15-9-5-2-6-10-15/h1-10,16-18,22H,11-13H2,(H,23,24)/t16?,17-/m1/s1. The fourth-order valence-corrected chi connectivity index (χ4v) is 2.57. The van der Waals surface area contributed by atoms with Crippen molar-refractivity contribution in [2.75, 3.05) is 0 Å². The molecule has 0 fully saturated rings. The Bertz CT molecular complexity index is 620. The third kappa shape index (κ3) is 5.74. The first kappa shape index (κ1) is 18.1. The van der Waals surface area contributed by atoms with Crippen molar-refractivity contribution in [3.8, 4) is 0 Å². The van der Waals surface area contributed by atoms with Gasteiger partial charge in [0.1, 0.15) is 6.04 Å². The lowest BCUT2D eigenvalue weighted by Gasteiger charge is -2.23. The molecule has 5 heteroatoms. The van der Waals surface area contributed by atoms with Gasteiger partial charge in [0.05, 0.1) is 6.04 Å². The summed E-state index contributed by atoms with van der Waals surface area (Å²) in [6.07, 6.45) is -1.79. The number of aliphatic carboxylic acids is 1. The van der Waals surface area contributed by atoms with Gasteiger partial charge in [0, 0.05) is 0 Å². The summed E-state index contributed by atoms with van der Waals surface area (Å²) >= 11 is 0. The largest absolute Gasteiger partial charge is 0.480 e. The second-order valence-electron chi connectivity index (χ2n) is 5.71. The van der Waals surface area contributed by atoms with Gasteiger partial charge >= 0.3 is 5.97 Å². The van der Waals surface area contributed by atoms with Gasteiger partial charge in [-0.05, 0) is 30.4 Å². The lowest BCUT2D eigenvalue weighted by molar-refractivity contribution is -0.140. The monoisotopic (exact) mass is 333 g/mol. The molecule has 128 valence electrons. The van der Waals surface area contributed by atoms with Crippen LogP contribution in [-0.4, -0.2) is 29.6 Å². The molecule has 0 aliphatic heterocycles. The van der Waals surface area contributed by atoms with Crippen LogP contribution in [0.5, 0.6) is 0 Å². The Balaban J connectivity index is 1.99. The van der Waals surface area contributed by atoms with E-state index in [9.17, 15) is 18.7 Å². The Morgan fingerprint density at radius 3 is 2.00 bits per heavy atom. The molecule has 1 unspecified atom stereocenters.